The second-order valence-corrected chi connectivity index (χ2v) is 13.2. The van der Waals surface area contributed by atoms with Gasteiger partial charge in [-0.05, 0) is 82.8 Å². The number of benzene rings is 1. The number of hydrogen-bond donors (Lipinski definition) is 2. The molecule has 3 N–H and O–H groups in total. The minimum atomic E-state index is -1.56. The van der Waals surface area contributed by atoms with Gasteiger partial charge in [0.2, 0.25) is 11.3 Å². The van der Waals surface area contributed by atoms with Gasteiger partial charge >= 0.3 is 5.97 Å². The number of nitrogens with zero attached hydrogens (tertiary/aromatic N) is 4. The summed E-state index contributed by atoms with van der Waals surface area (Å²) in [6, 6.07) is 8.72. The number of carbonyl (C=O) groups is 2. The number of para-hydroxylation sites is 2. The van der Waals surface area contributed by atoms with Crippen LogP contribution in [0.3, 0.4) is 0 Å². The van der Waals surface area contributed by atoms with Gasteiger partial charge in [0.15, 0.2) is 5.69 Å². The lowest BCUT2D eigenvalue weighted by atomic mass is 9.76. The number of aromatic nitrogens is 2. The molecule has 2 aromatic rings. The lowest BCUT2D eigenvalue weighted by molar-refractivity contribution is -0.140. The largest absolute Gasteiger partial charge is 0.476 e. The van der Waals surface area contributed by atoms with Crippen molar-refractivity contribution in [2.75, 3.05) is 0 Å². The van der Waals surface area contributed by atoms with Gasteiger partial charge in [-0.3, -0.25) is 14.5 Å². The first kappa shape index (κ1) is 27.9. The fourth-order valence-corrected chi connectivity index (χ4v) is 8.16. The molecule has 2 unspecified atom stereocenters. The van der Waals surface area contributed by atoms with Gasteiger partial charge in [-0.15, -0.1) is 0 Å². The number of piperidine rings is 1. The highest BCUT2D eigenvalue weighted by molar-refractivity contribution is 6.41. The van der Waals surface area contributed by atoms with Gasteiger partial charge in [-0.25, -0.2) is 9.78 Å². The van der Waals surface area contributed by atoms with Crippen LogP contribution in [-0.2, 0) is 14.4 Å². The Kier molecular flexibility index (Phi) is 7.38. The maximum atomic E-state index is 14.1. The third-order valence-corrected chi connectivity index (χ3v) is 10.1. The van der Waals surface area contributed by atoms with E-state index in [-0.39, 0.29) is 11.7 Å². The zero-order valence-electron chi connectivity index (χ0n) is 24.0. The van der Waals surface area contributed by atoms with E-state index in [0.29, 0.717) is 29.2 Å². The molecule has 4 aliphatic rings. The number of primary amides is 1. The summed E-state index contributed by atoms with van der Waals surface area (Å²) < 4.78 is 1.75. The molecule has 41 heavy (non-hydrogen) atoms. The van der Waals surface area contributed by atoms with Crippen molar-refractivity contribution >= 4 is 28.6 Å². The van der Waals surface area contributed by atoms with Gasteiger partial charge in [-0.1, -0.05) is 43.0 Å². The predicted molar refractivity (Wildman–Crippen MR) is 155 cm³/mol. The zero-order chi connectivity index (χ0) is 28.9. The monoisotopic (exact) mass is 563 g/mol. The average molecular weight is 564 g/mol. The third-order valence-electron chi connectivity index (χ3n) is 10.1. The Labute approximate surface area is 239 Å². The molecule has 3 heterocycles. The lowest BCUT2D eigenvalue weighted by Crippen LogP contribution is -2.52. The van der Waals surface area contributed by atoms with E-state index in [9.17, 15) is 19.5 Å². The van der Waals surface area contributed by atoms with Gasteiger partial charge < -0.3 is 20.2 Å². The molecule has 10 nitrogen and oxygen atoms in total. The first-order chi connectivity index (χ1) is 19.6. The maximum absolute atomic E-state index is 14.1. The van der Waals surface area contributed by atoms with Crippen molar-refractivity contribution in [1.29, 1.82) is 0 Å². The Bertz CT molecular complexity index is 1410. The van der Waals surface area contributed by atoms with Gasteiger partial charge in [-0.2, -0.15) is 0 Å². The number of fused-ring (bicyclic) bond motifs is 5. The first-order valence-electron chi connectivity index (χ1n) is 15.2. The fourth-order valence-electron chi connectivity index (χ4n) is 8.16. The smallest absolute Gasteiger partial charge is 0.360 e. The Hall–Kier alpha value is -3.27. The second-order valence-electron chi connectivity index (χ2n) is 13.2. The summed E-state index contributed by atoms with van der Waals surface area (Å²) in [5.74, 6) is -0.578. The summed E-state index contributed by atoms with van der Waals surface area (Å²) in [6.07, 6.45) is 13.4. The van der Waals surface area contributed by atoms with E-state index < -0.39 is 28.7 Å². The molecular formula is C31H41N5O5. The predicted octanol–water partition coefficient (Wildman–Crippen LogP) is 3.99. The average Bonchev–Trinajstić information content (AvgIpc) is 3.08. The van der Waals surface area contributed by atoms with Crippen LogP contribution in [-0.4, -0.2) is 60.9 Å². The molecule has 1 aromatic carbocycles. The molecule has 1 aromatic heterocycles. The van der Waals surface area contributed by atoms with Crippen LogP contribution in [0.15, 0.2) is 34.2 Å². The molecule has 0 radical (unpaired) electrons. The molecule has 4 bridgehead atoms. The number of hydrogen-bond acceptors (Lipinski definition) is 7. The van der Waals surface area contributed by atoms with E-state index in [1.54, 1.807) is 10.6 Å². The van der Waals surface area contributed by atoms with Gasteiger partial charge in [0.05, 0.1) is 11.0 Å². The Balaban J connectivity index is 1.34. The summed E-state index contributed by atoms with van der Waals surface area (Å²) in [7, 11) is 0. The molecule has 1 amide bonds. The highest BCUT2D eigenvalue weighted by Crippen LogP contribution is 2.48. The van der Waals surface area contributed by atoms with Crippen molar-refractivity contribution in [3.05, 3.63) is 40.3 Å². The Morgan fingerprint density at radius 1 is 0.951 bits per heavy atom. The molecule has 2 aliphatic heterocycles. The van der Waals surface area contributed by atoms with Crippen LogP contribution in [0.25, 0.3) is 11.0 Å². The quantitative estimate of drug-likeness (QED) is 0.383. The van der Waals surface area contributed by atoms with E-state index in [4.69, 9.17) is 10.6 Å². The summed E-state index contributed by atoms with van der Waals surface area (Å²) in [5.41, 5.74) is 3.55. The number of carboxylic acid groups (broad SMARTS) is 1. The van der Waals surface area contributed by atoms with Crippen LogP contribution >= 0.6 is 0 Å². The van der Waals surface area contributed by atoms with Crippen molar-refractivity contribution in [1.82, 2.24) is 14.5 Å². The molecule has 6 rings (SSSR count). The number of nitrogens with two attached hydrogens (primary N) is 1. The number of oxime groups is 1. The molecule has 4 fully saturated rings. The van der Waals surface area contributed by atoms with Crippen molar-refractivity contribution in [2.24, 2.45) is 22.7 Å². The third kappa shape index (κ3) is 5.27. The van der Waals surface area contributed by atoms with E-state index in [2.05, 4.69) is 15.0 Å². The normalized spacial score (nSPS) is 30.6. The van der Waals surface area contributed by atoms with Crippen LogP contribution in [0.2, 0.25) is 0 Å². The van der Waals surface area contributed by atoms with Crippen LogP contribution in [0.1, 0.15) is 96.2 Å². The van der Waals surface area contributed by atoms with E-state index >= 15 is 0 Å². The van der Waals surface area contributed by atoms with E-state index in [1.165, 1.54) is 58.8 Å². The molecule has 2 saturated heterocycles. The van der Waals surface area contributed by atoms with Crippen molar-refractivity contribution in [3.8, 4) is 0 Å². The van der Waals surface area contributed by atoms with Crippen molar-refractivity contribution < 1.29 is 19.5 Å². The van der Waals surface area contributed by atoms with Crippen LogP contribution in [0, 0.1) is 11.8 Å². The van der Waals surface area contributed by atoms with E-state index in [1.807, 2.05) is 18.2 Å². The summed E-state index contributed by atoms with van der Waals surface area (Å²) in [6.45, 7) is 2.77. The highest BCUT2D eigenvalue weighted by Gasteiger charge is 2.47. The first-order valence-corrected chi connectivity index (χ1v) is 15.2. The standard InChI is InChI=1S/C31H41N5O5/c1-31(2,30(32)40)41-34-27(29(38)39)26-28(37)36(25-10-6-5-9-24(25)33-26)23-16-20-11-12-21(17-23)35(20)22-14-18-7-3-4-8-19(13-18)15-22/h5-6,9-10,18-23H,3-4,7-8,11-17H2,1-2H3,(H2,32,40)(H,38,39)/b34-27-/t18?,19?,20-,21+,22?,23+. The Morgan fingerprint density at radius 2 is 1.59 bits per heavy atom. The Morgan fingerprint density at radius 3 is 2.20 bits per heavy atom. The fraction of sp³-hybridized carbons (Fsp3) is 0.645. The zero-order valence-corrected chi connectivity index (χ0v) is 24.0. The second kappa shape index (κ2) is 10.9. The molecule has 220 valence electrons. The molecule has 10 heteroatoms. The summed E-state index contributed by atoms with van der Waals surface area (Å²) >= 11 is 0. The topological polar surface area (TPSA) is 140 Å². The van der Waals surface area contributed by atoms with E-state index in [0.717, 1.165) is 37.5 Å². The maximum Gasteiger partial charge on any atom is 0.360 e. The van der Waals surface area contributed by atoms with Gasteiger partial charge in [0.25, 0.3) is 11.5 Å². The number of aliphatic carboxylic acids is 1. The molecule has 2 aliphatic carbocycles. The minimum absolute atomic E-state index is 0.0770. The van der Waals surface area contributed by atoms with Crippen LogP contribution in [0.5, 0.6) is 0 Å². The van der Waals surface area contributed by atoms with Crippen LogP contribution in [0.4, 0.5) is 0 Å². The summed E-state index contributed by atoms with van der Waals surface area (Å²) in [5, 5.41) is 13.7. The van der Waals surface area contributed by atoms with Gasteiger partial charge in [0.1, 0.15) is 0 Å². The molecular weight excluding hydrogens is 522 g/mol. The van der Waals surface area contributed by atoms with Gasteiger partial charge in [0, 0.05) is 24.2 Å². The highest BCUT2D eigenvalue weighted by atomic mass is 16.7. The molecule has 2 saturated carbocycles. The SMILES string of the molecule is CC(C)(O/N=C(\C(=O)O)c1nc2ccccc2n([C@H]2C[C@H]3CC[C@@H](C2)N3C2CC3CCCCC(C3)C2)c1=O)C(N)=O. The minimum Gasteiger partial charge on any atom is -0.476 e. The molecule has 5 atom stereocenters. The van der Waals surface area contributed by atoms with Crippen molar-refractivity contribution in [2.45, 2.75) is 114 Å². The van der Waals surface area contributed by atoms with Crippen molar-refractivity contribution in [3.63, 3.8) is 0 Å². The number of carboxylic acids is 1. The van der Waals surface area contributed by atoms with Crippen LogP contribution < -0.4 is 11.3 Å². The lowest BCUT2D eigenvalue weighted by Gasteiger charge is -2.48. The summed E-state index contributed by atoms with van der Waals surface area (Å²) in [4.78, 5) is 50.5. The molecule has 0 spiro atoms. The number of carbonyl (C=O) groups excluding carboxylic acids is 1. The number of amides is 1. The number of rotatable bonds is 7.